The summed E-state index contributed by atoms with van der Waals surface area (Å²) in [5.74, 6) is 1.75. The van der Waals surface area contributed by atoms with E-state index in [-0.39, 0.29) is 17.4 Å². The van der Waals surface area contributed by atoms with Crippen molar-refractivity contribution in [2.45, 2.75) is 44.6 Å². The molecule has 3 heterocycles. The number of aromatic nitrogens is 2. The van der Waals surface area contributed by atoms with E-state index in [1.54, 1.807) is 24.3 Å². The first-order chi connectivity index (χ1) is 13.9. The molecular weight excluding hydrogens is 388 g/mol. The summed E-state index contributed by atoms with van der Waals surface area (Å²) in [5, 5.41) is 5.35. The second-order valence-corrected chi connectivity index (χ2v) is 9.14. The van der Waals surface area contributed by atoms with Crippen LogP contribution in [-0.2, 0) is 10.3 Å². The van der Waals surface area contributed by atoms with Gasteiger partial charge in [0.15, 0.2) is 0 Å². The topological polar surface area (TPSA) is 58.4 Å². The Bertz CT molecular complexity index is 973. The third kappa shape index (κ3) is 3.33. The Morgan fingerprint density at radius 3 is 2.69 bits per heavy atom. The van der Waals surface area contributed by atoms with E-state index < -0.39 is 0 Å². The lowest BCUT2D eigenvalue weighted by Gasteiger charge is -2.46. The minimum atomic E-state index is -0.328. The second kappa shape index (κ2) is 6.87. The zero-order valence-corrected chi connectivity index (χ0v) is 17.4. The Balaban J connectivity index is 1.38. The number of carbonyl (C=O) groups is 2. The molecule has 0 unspecified atom stereocenters. The van der Waals surface area contributed by atoms with E-state index in [2.05, 4.69) is 4.68 Å². The Hall–Kier alpha value is -2.34. The number of aryl methyl sites for hydroxylation is 1. The van der Waals surface area contributed by atoms with Gasteiger partial charge in [-0.05, 0) is 56.7 Å². The number of hydrogen-bond acceptors (Lipinski definition) is 3. The van der Waals surface area contributed by atoms with E-state index in [4.69, 9.17) is 16.7 Å². The number of fused-ring (bicyclic) bond motifs is 2. The fourth-order valence-electron chi connectivity index (χ4n) is 4.68. The van der Waals surface area contributed by atoms with Crippen LogP contribution in [0.1, 0.15) is 48.2 Å². The van der Waals surface area contributed by atoms with Crippen LogP contribution in [0.3, 0.4) is 0 Å². The monoisotopic (exact) mass is 412 g/mol. The van der Waals surface area contributed by atoms with E-state index >= 15 is 0 Å². The van der Waals surface area contributed by atoms with E-state index in [1.807, 2.05) is 22.8 Å². The summed E-state index contributed by atoms with van der Waals surface area (Å²) in [7, 11) is 0. The maximum absolute atomic E-state index is 13.1. The Morgan fingerprint density at radius 2 is 2.00 bits per heavy atom. The van der Waals surface area contributed by atoms with E-state index in [0.717, 1.165) is 30.9 Å². The molecule has 0 atom stereocenters. The molecule has 1 aromatic carbocycles. The highest BCUT2D eigenvalue weighted by molar-refractivity contribution is 6.30. The summed E-state index contributed by atoms with van der Waals surface area (Å²) in [5.41, 5.74) is 1.22. The van der Waals surface area contributed by atoms with Crippen LogP contribution >= 0.6 is 11.6 Å². The van der Waals surface area contributed by atoms with Gasteiger partial charge in [-0.15, -0.1) is 0 Å². The minimum Gasteiger partial charge on any atom is -0.338 e. The number of anilines is 1. The molecule has 1 aliphatic carbocycles. The molecule has 0 bridgehead atoms. The second-order valence-electron chi connectivity index (χ2n) is 8.71. The molecule has 152 valence electrons. The normalized spacial score (nSPS) is 20.8. The van der Waals surface area contributed by atoms with Crippen LogP contribution in [0, 0.1) is 12.8 Å². The van der Waals surface area contributed by atoms with Crippen molar-refractivity contribution in [2.24, 2.45) is 5.92 Å². The third-order valence-corrected chi connectivity index (χ3v) is 6.75. The van der Waals surface area contributed by atoms with Crippen molar-refractivity contribution in [3.8, 4) is 0 Å². The van der Waals surface area contributed by atoms with Crippen LogP contribution in [-0.4, -0.2) is 46.1 Å². The van der Waals surface area contributed by atoms with E-state index in [1.165, 1.54) is 12.8 Å². The predicted molar refractivity (Wildman–Crippen MR) is 111 cm³/mol. The number of carbonyl (C=O) groups excluding carboxylic acids is 2. The van der Waals surface area contributed by atoms with Gasteiger partial charge in [0, 0.05) is 36.3 Å². The maximum atomic E-state index is 13.1. The van der Waals surface area contributed by atoms with Crippen LogP contribution in [0.2, 0.25) is 5.02 Å². The fraction of sp³-hybridized carbons (Fsp3) is 0.500. The molecule has 2 amide bonds. The molecule has 3 aliphatic rings. The van der Waals surface area contributed by atoms with Crippen molar-refractivity contribution in [1.82, 2.24) is 14.7 Å². The van der Waals surface area contributed by atoms with Crippen molar-refractivity contribution < 1.29 is 9.59 Å². The van der Waals surface area contributed by atoms with Gasteiger partial charge in [-0.25, -0.2) is 4.68 Å². The van der Waals surface area contributed by atoms with Crippen LogP contribution in [0.25, 0.3) is 0 Å². The van der Waals surface area contributed by atoms with E-state index in [0.29, 0.717) is 36.0 Å². The molecular formula is C22H25ClN4O2. The van der Waals surface area contributed by atoms with Gasteiger partial charge in [0.25, 0.3) is 5.91 Å². The number of rotatable bonds is 3. The largest absolute Gasteiger partial charge is 0.338 e. The standard InChI is InChI=1S/C22H25ClN4O2/c1-15-11-19-26(14-16-5-6-16)20(28)13-22(27(19)24-15)7-9-25(10-8-22)21(29)17-3-2-4-18(23)12-17/h2-4,11-12,16H,5-10,13-14H2,1H3. The molecule has 0 radical (unpaired) electrons. The summed E-state index contributed by atoms with van der Waals surface area (Å²) in [6, 6.07) is 9.11. The van der Waals surface area contributed by atoms with Gasteiger partial charge in [0.05, 0.1) is 17.7 Å². The summed E-state index contributed by atoms with van der Waals surface area (Å²) in [6.07, 6.45) is 4.35. The van der Waals surface area contributed by atoms with Gasteiger partial charge < -0.3 is 4.90 Å². The van der Waals surface area contributed by atoms with Crippen molar-refractivity contribution in [3.05, 3.63) is 46.6 Å². The number of amides is 2. The first-order valence-corrected chi connectivity index (χ1v) is 10.8. The predicted octanol–water partition coefficient (Wildman–Crippen LogP) is 3.62. The van der Waals surface area contributed by atoms with Gasteiger partial charge >= 0.3 is 0 Å². The Labute approximate surface area is 175 Å². The number of piperidine rings is 1. The minimum absolute atomic E-state index is 0.00304. The Morgan fingerprint density at radius 1 is 1.24 bits per heavy atom. The lowest BCUT2D eigenvalue weighted by molar-refractivity contribution is -0.122. The molecule has 2 aliphatic heterocycles. The van der Waals surface area contributed by atoms with Crippen LogP contribution < -0.4 is 4.90 Å². The van der Waals surface area contributed by atoms with Crippen LogP contribution in [0.5, 0.6) is 0 Å². The molecule has 2 aromatic rings. The molecule has 1 aromatic heterocycles. The maximum Gasteiger partial charge on any atom is 0.253 e. The van der Waals surface area contributed by atoms with Crippen molar-refractivity contribution >= 4 is 29.2 Å². The number of benzene rings is 1. The molecule has 1 saturated heterocycles. The summed E-state index contributed by atoms with van der Waals surface area (Å²) in [6.45, 7) is 4.01. The molecule has 7 heteroatoms. The van der Waals surface area contributed by atoms with E-state index in [9.17, 15) is 9.59 Å². The van der Waals surface area contributed by atoms with Gasteiger partial charge in [0.1, 0.15) is 5.82 Å². The number of nitrogens with zero attached hydrogens (tertiary/aromatic N) is 4. The smallest absolute Gasteiger partial charge is 0.253 e. The average molecular weight is 413 g/mol. The first-order valence-electron chi connectivity index (χ1n) is 10.4. The van der Waals surface area contributed by atoms with Crippen molar-refractivity contribution in [3.63, 3.8) is 0 Å². The summed E-state index contributed by atoms with van der Waals surface area (Å²) >= 11 is 6.05. The van der Waals surface area contributed by atoms with Crippen molar-refractivity contribution in [2.75, 3.05) is 24.5 Å². The van der Waals surface area contributed by atoms with Gasteiger partial charge in [0.2, 0.25) is 5.91 Å². The first kappa shape index (κ1) is 18.7. The highest BCUT2D eigenvalue weighted by Crippen LogP contribution is 2.43. The zero-order valence-electron chi connectivity index (χ0n) is 16.6. The molecule has 2 fully saturated rings. The van der Waals surface area contributed by atoms with Gasteiger partial charge in [-0.3, -0.25) is 14.5 Å². The van der Waals surface area contributed by atoms with Gasteiger partial charge in [-0.2, -0.15) is 5.10 Å². The van der Waals surface area contributed by atoms with Gasteiger partial charge in [-0.1, -0.05) is 17.7 Å². The zero-order chi connectivity index (χ0) is 20.2. The number of hydrogen-bond donors (Lipinski definition) is 0. The third-order valence-electron chi connectivity index (χ3n) is 6.51. The molecule has 1 spiro atoms. The SMILES string of the molecule is Cc1cc2n(n1)C1(CCN(C(=O)c3cccc(Cl)c3)CC1)CC(=O)N2CC1CC1. The molecule has 1 saturated carbocycles. The van der Waals surface area contributed by atoms with Crippen LogP contribution in [0.15, 0.2) is 30.3 Å². The summed E-state index contributed by atoms with van der Waals surface area (Å²) in [4.78, 5) is 29.8. The molecule has 5 rings (SSSR count). The Kier molecular flexibility index (Phi) is 4.42. The lowest BCUT2D eigenvalue weighted by atomic mass is 9.82. The average Bonchev–Trinajstić information content (AvgIpc) is 3.44. The fourth-order valence-corrected chi connectivity index (χ4v) is 4.87. The quantitative estimate of drug-likeness (QED) is 0.773. The number of likely N-dealkylation sites (tertiary alicyclic amines) is 1. The summed E-state index contributed by atoms with van der Waals surface area (Å²) < 4.78 is 2.09. The molecule has 29 heavy (non-hydrogen) atoms. The molecule has 6 nitrogen and oxygen atoms in total. The molecule has 0 N–H and O–H groups in total. The van der Waals surface area contributed by atoms with Crippen molar-refractivity contribution in [1.29, 1.82) is 0 Å². The lowest BCUT2D eigenvalue weighted by Crippen LogP contribution is -2.55. The highest BCUT2D eigenvalue weighted by atomic mass is 35.5. The van der Waals surface area contributed by atoms with Crippen LogP contribution in [0.4, 0.5) is 5.82 Å². The number of halogens is 1. The highest BCUT2D eigenvalue weighted by Gasteiger charge is 2.47.